The minimum Gasteiger partial charge on any atom is -0.310 e. The summed E-state index contributed by atoms with van der Waals surface area (Å²) in [5, 5.41) is 0. The van der Waals surface area contributed by atoms with Gasteiger partial charge in [-0.15, -0.1) is 0 Å². The number of likely N-dealkylation sites (N-methyl/N-ethyl adjacent to an activating group) is 1. The van der Waals surface area contributed by atoms with Gasteiger partial charge in [0.1, 0.15) is 12.1 Å². The van der Waals surface area contributed by atoms with Gasteiger partial charge in [-0.3, -0.25) is 9.69 Å². The average molecular weight is 238 g/mol. The smallest absolute Gasteiger partial charge is 0.310 e. The Bertz CT molecular complexity index is 325. The van der Waals surface area contributed by atoms with E-state index < -0.39 is 30.2 Å². The lowest BCUT2D eigenvalue weighted by atomic mass is 10.0. The number of amides is 3. The fourth-order valence-electron chi connectivity index (χ4n) is 1.77. The first kappa shape index (κ1) is 12.8. The second-order valence-electron chi connectivity index (χ2n) is 4.09. The van der Waals surface area contributed by atoms with E-state index in [0.29, 0.717) is 0 Å². The maximum absolute atomic E-state index is 12.2. The predicted molar refractivity (Wildman–Crippen MR) is 49.6 cm³/mol. The van der Waals surface area contributed by atoms with Gasteiger partial charge < -0.3 is 4.90 Å². The summed E-state index contributed by atoms with van der Waals surface area (Å²) in [4.78, 5) is 24.6. The van der Waals surface area contributed by atoms with Crippen molar-refractivity contribution in [2.45, 2.75) is 32.5 Å². The maximum Gasteiger partial charge on any atom is 0.406 e. The molecule has 0 atom stereocenters. The van der Waals surface area contributed by atoms with Gasteiger partial charge in [0.15, 0.2) is 0 Å². The van der Waals surface area contributed by atoms with Crippen LogP contribution in [0.15, 0.2) is 0 Å². The summed E-state index contributed by atoms with van der Waals surface area (Å²) >= 11 is 0. The minimum absolute atomic E-state index is 0.200. The van der Waals surface area contributed by atoms with Gasteiger partial charge >= 0.3 is 12.2 Å². The van der Waals surface area contributed by atoms with Crippen molar-refractivity contribution in [3.05, 3.63) is 0 Å². The molecule has 0 saturated carbocycles. The molecule has 0 N–H and O–H groups in total. The van der Waals surface area contributed by atoms with E-state index in [1.807, 2.05) is 0 Å². The fraction of sp³-hybridized carbons (Fsp3) is 0.778. The van der Waals surface area contributed by atoms with Gasteiger partial charge in [-0.05, 0) is 20.8 Å². The van der Waals surface area contributed by atoms with E-state index in [-0.39, 0.29) is 11.4 Å². The van der Waals surface area contributed by atoms with Crippen LogP contribution in [0.5, 0.6) is 0 Å². The molecule has 0 aromatic carbocycles. The van der Waals surface area contributed by atoms with Gasteiger partial charge in [-0.1, -0.05) is 0 Å². The summed E-state index contributed by atoms with van der Waals surface area (Å²) in [6.07, 6.45) is -4.56. The monoisotopic (exact) mass is 238 g/mol. The Morgan fingerprint density at radius 2 is 1.75 bits per heavy atom. The first-order valence-electron chi connectivity index (χ1n) is 4.81. The van der Waals surface area contributed by atoms with E-state index in [9.17, 15) is 22.8 Å². The number of carbonyl (C=O) groups is 2. The van der Waals surface area contributed by atoms with Gasteiger partial charge in [0, 0.05) is 6.54 Å². The molecule has 0 aromatic rings. The molecule has 1 aliphatic heterocycles. The molecular formula is C9H13F3N2O2. The molecule has 0 spiro atoms. The molecule has 0 unspecified atom stereocenters. The summed E-state index contributed by atoms with van der Waals surface area (Å²) in [5.41, 5.74) is -1.20. The van der Waals surface area contributed by atoms with E-state index >= 15 is 0 Å². The molecule has 92 valence electrons. The topological polar surface area (TPSA) is 40.6 Å². The molecule has 7 heteroatoms. The van der Waals surface area contributed by atoms with Gasteiger partial charge in [0.2, 0.25) is 0 Å². The molecule has 0 bridgehead atoms. The predicted octanol–water partition coefficient (Wildman–Crippen LogP) is 1.61. The highest BCUT2D eigenvalue weighted by molar-refractivity contribution is 6.06. The molecule has 16 heavy (non-hydrogen) atoms. The Kier molecular flexibility index (Phi) is 2.91. The molecular weight excluding hydrogens is 225 g/mol. The van der Waals surface area contributed by atoms with E-state index in [1.54, 1.807) is 6.92 Å². The third-order valence-corrected chi connectivity index (χ3v) is 2.56. The van der Waals surface area contributed by atoms with Crippen LogP contribution in [0.4, 0.5) is 18.0 Å². The van der Waals surface area contributed by atoms with Crippen molar-refractivity contribution in [2.24, 2.45) is 0 Å². The molecule has 0 aliphatic carbocycles. The highest BCUT2D eigenvalue weighted by atomic mass is 19.4. The molecule has 0 radical (unpaired) electrons. The lowest BCUT2D eigenvalue weighted by Gasteiger charge is -2.25. The van der Waals surface area contributed by atoms with Gasteiger partial charge in [-0.25, -0.2) is 4.79 Å². The van der Waals surface area contributed by atoms with Crippen LogP contribution in [0.2, 0.25) is 0 Å². The van der Waals surface area contributed by atoms with Gasteiger partial charge in [0.25, 0.3) is 5.91 Å². The third kappa shape index (κ3) is 1.98. The van der Waals surface area contributed by atoms with Crippen LogP contribution in [0, 0.1) is 0 Å². The standard InChI is InChI=1S/C9H13F3N2O2/c1-4-14-7(16)13(5-9(10,11)12)6(15)8(14,2)3/h4-5H2,1-3H3. The van der Waals surface area contributed by atoms with Crippen molar-refractivity contribution in [1.82, 2.24) is 9.80 Å². The lowest BCUT2D eigenvalue weighted by molar-refractivity contribution is -0.154. The lowest BCUT2D eigenvalue weighted by Crippen LogP contribution is -2.44. The van der Waals surface area contributed by atoms with Crippen LogP contribution in [0.1, 0.15) is 20.8 Å². The third-order valence-electron chi connectivity index (χ3n) is 2.56. The molecule has 1 heterocycles. The number of nitrogens with zero attached hydrogens (tertiary/aromatic N) is 2. The van der Waals surface area contributed by atoms with Crippen molar-refractivity contribution in [3.63, 3.8) is 0 Å². The van der Waals surface area contributed by atoms with Gasteiger partial charge in [-0.2, -0.15) is 13.2 Å². The Morgan fingerprint density at radius 3 is 2.06 bits per heavy atom. The molecule has 1 aliphatic rings. The van der Waals surface area contributed by atoms with Crippen LogP contribution in [-0.4, -0.2) is 46.5 Å². The molecule has 1 fully saturated rings. The van der Waals surface area contributed by atoms with Crippen molar-refractivity contribution in [2.75, 3.05) is 13.1 Å². The summed E-state index contributed by atoms with van der Waals surface area (Å²) in [5.74, 6) is -0.809. The zero-order valence-electron chi connectivity index (χ0n) is 9.26. The normalized spacial score (nSPS) is 20.9. The largest absolute Gasteiger partial charge is 0.406 e. The Morgan fingerprint density at radius 1 is 1.25 bits per heavy atom. The van der Waals surface area contributed by atoms with Crippen LogP contribution in [0.3, 0.4) is 0 Å². The number of urea groups is 1. The van der Waals surface area contributed by atoms with Crippen molar-refractivity contribution in [3.8, 4) is 0 Å². The number of rotatable bonds is 2. The van der Waals surface area contributed by atoms with Crippen LogP contribution >= 0.6 is 0 Å². The van der Waals surface area contributed by atoms with Crippen LogP contribution in [0.25, 0.3) is 0 Å². The zero-order chi connectivity index (χ0) is 12.7. The summed E-state index contributed by atoms with van der Waals surface area (Å²) < 4.78 is 36.5. The molecule has 0 aromatic heterocycles. The first-order chi connectivity index (χ1) is 7.11. The van der Waals surface area contributed by atoms with Gasteiger partial charge in [0.05, 0.1) is 0 Å². The summed E-state index contributed by atoms with van der Waals surface area (Å²) in [7, 11) is 0. The fourth-order valence-corrected chi connectivity index (χ4v) is 1.77. The summed E-state index contributed by atoms with van der Waals surface area (Å²) in [6, 6.07) is -0.880. The highest BCUT2D eigenvalue weighted by Crippen LogP contribution is 2.29. The minimum atomic E-state index is -4.56. The number of alkyl halides is 3. The molecule has 4 nitrogen and oxygen atoms in total. The van der Waals surface area contributed by atoms with E-state index in [0.717, 1.165) is 4.90 Å². The SMILES string of the molecule is CCN1C(=O)N(CC(F)(F)F)C(=O)C1(C)C. The van der Waals surface area contributed by atoms with E-state index in [1.165, 1.54) is 13.8 Å². The average Bonchev–Trinajstić information content (AvgIpc) is 2.25. The van der Waals surface area contributed by atoms with Crippen molar-refractivity contribution in [1.29, 1.82) is 0 Å². The number of halogens is 3. The number of carbonyl (C=O) groups excluding carboxylic acids is 2. The van der Waals surface area contributed by atoms with Crippen molar-refractivity contribution < 1.29 is 22.8 Å². The quantitative estimate of drug-likeness (QED) is 0.686. The number of hydrogen-bond donors (Lipinski definition) is 0. The van der Waals surface area contributed by atoms with E-state index in [4.69, 9.17) is 0 Å². The van der Waals surface area contributed by atoms with Crippen LogP contribution in [-0.2, 0) is 4.79 Å². The first-order valence-corrected chi connectivity index (χ1v) is 4.81. The Balaban J connectivity index is 2.98. The Hall–Kier alpha value is -1.27. The Labute approximate surface area is 91.0 Å². The van der Waals surface area contributed by atoms with E-state index in [2.05, 4.69) is 0 Å². The van der Waals surface area contributed by atoms with Crippen molar-refractivity contribution >= 4 is 11.9 Å². The number of hydrogen-bond acceptors (Lipinski definition) is 2. The number of imide groups is 1. The molecule has 3 amide bonds. The summed E-state index contributed by atoms with van der Waals surface area (Å²) in [6.45, 7) is 3.17. The highest BCUT2D eigenvalue weighted by Gasteiger charge is 2.53. The van der Waals surface area contributed by atoms with Crippen LogP contribution < -0.4 is 0 Å². The molecule has 1 saturated heterocycles. The maximum atomic E-state index is 12.2. The second kappa shape index (κ2) is 3.64. The zero-order valence-corrected chi connectivity index (χ0v) is 9.26. The molecule has 1 rings (SSSR count). The second-order valence-corrected chi connectivity index (χ2v) is 4.09.